The van der Waals surface area contributed by atoms with E-state index in [4.69, 9.17) is 10.5 Å². The van der Waals surface area contributed by atoms with Gasteiger partial charge < -0.3 is 21.1 Å². The third-order valence-corrected chi connectivity index (χ3v) is 4.38. The zero-order valence-electron chi connectivity index (χ0n) is 14.9. The molecule has 1 unspecified atom stereocenters. The van der Waals surface area contributed by atoms with Gasteiger partial charge in [0.2, 0.25) is 5.91 Å². The van der Waals surface area contributed by atoms with Crippen molar-refractivity contribution < 1.29 is 14.3 Å². The van der Waals surface area contributed by atoms with Gasteiger partial charge in [-0.3, -0.25) is 9.59 Å². The van der Waals surface area contributed by atoms with Gasteiger partial charge in [0.15, 0.2) is 6.61 Å². The maximum Gasteiger partial charge on any atom is 0.258 e. The van der Waals surface area contributed by atoms with Crippen LogP contribution in [-0.4, -0.2) is 25.0 Å². The van der Waals surface area contributed by atoms with Gasteiger partial charge in [-0.25, -0.2) is 0 Å². The van der Waals surface area contributed by atoms with Gasteiger partial charge in [-0.1, -0.05) is 24.3 Å². The lowest BCUT2D eigenvalue weighted by atomic mass is 9.87. The van der Waals surface area contributed by atoms with Crippen molar-refractivity contribution in [2.45, 2.75) is 25.3 Å². The van der Waals surface area contributed by atoms with Gasteiger partial charge in [-0.15, -0.1) is 12.4 Å². The number of rotatable bonds is 6. The number of hydrogen-bond acceptors (Lipinski definition) is 4. The Kier molecular flexibility index (Phi) is 7.49. The van der Waals surface area contributed by atoms with Crippen LogP contribution in [0.15, 0.2) is 48.5 Å². The SMILES string of the molecule is Cl.Nc1ccc2c(c1)CCCC2NC(=O)CNC(=O)COc1ccccc1. The summed E-state index contributed by atoms with van der Waals surface area (Å²) < 4.78 is 5.35. The second-order valence-electron chi connectivity index (χ2n) is 6.35. The lowest BCUT2D eigenvalue weighted by Gasteiger charge is -2.26. The van der Waals surface area contributed by atoms with Crippen LogP contribution in [0, 0.1) is 0 Å². The van der Waals surface area contributed by atoms with E-state index in [0.29, 0.717) is 5.75 Å². The fraction of sp³-hybridized carbons (Fsp3) is 0.300. The molecule has 2 amide bonds. The molecule has 1 aliphatic rings. The maximum atomic E-state index is 12.2. The van der Waals surface area contributed by atoms with Gasteiger partial charge in [-0.2, -0.15) is 0 Å². The molecule has 0 heterocycles. The van der Waals surface area contributed by atoms with Crippen LogP contribution in [0.2, 0.25) is 0 Å². The Morgan fingerprint density at radius 3 is 2.67 bits per heavy atom. The van der Waals surface area contributed by atoms with Crippen molar-refractivity contribution in [1.29, 1.82) is 0 Å². The molecule has 3 rings (SSSR count). The minimum absolute atomic E-state index is 0. The summed E-state index contributed by atoms with van der Waals surface area (Å²) in [6, 6.07) is 14.8. The number of nitrogens with two attached hydrogens (primary N) is 1. The number of nitrogen functional groups attached to an aromatic ring is 1. The van der Waals surface area contributed by atoms with Gasteiger partial charge in [0.1, 0.15) is 5.75 Å². The smallest absolute Gasteiger partial charge is 0.258 e. The molecule has 0 fully saturated rings. The van der Waals surface area contributed by atoms with Crippen LogP contribution in [0.1, 0.15) is 30.0 Å². The summed E-state index contributed by atoms with van der Waals surface area (Å²) in [7, 11) is 0. The van der Waals surface area contributed by atoms with Gasteiger partial charge >= 0.3 is 0 Å². The number of nitrogens with one attached hydrogen (secondary N) is 2. The number of amides is 2. The summed E-state index contributed by atoms with van der Waals surface area (Å²) in [4.78, 5) is 24.0. The largest absolute Gasteiger partial charge is 0.484 e. The van der Waals surface area contributed by atoms with E-state index in [-0.39, 0.29) is 43.4 Å². The number of fused-ring (bicyclic) bond motifs is 1. The first-order chi connectivity index (χ1) is 12.6. The van der Waals surface area contributed by atoms with E-state index in [9.17, 15) is 9.59 Å². The zero-order chi connectivity index (χ0) is 18.4. The number of para-hydroxylation sites is 1. The van der Waals surface area contributed by atoms with E-state index in [1.165, 1.54) is 5.56 Å². The minimum atomic E-state index is -0.333. The predicted molar refractivity (Wildman–Crippen MR) is 107 cm³/mol. The highest BCUT2D eigenvalue weighted by atomic mass is 35.5. The van der Waals surface area contributed by atoms with E-state index in [1.807, 2.05) is 36.4 Å². The number of anilines is 1. The molecule has 27 heavy (non-hydrogen) atoms. The van der Waals surface area contributed by atoms with Crippen LogP contribution in [-0.2, 0) is 16.0 Å². The van der Waals surface area contributed by atoms with Crippen LogP contribution in [0.3, 0.4) is 0 Å². The Morgan fingerprint density at radius 2 is 1.89 bits per heavy atom. The van der Waals surface area contributed by atoms with Crippen molar-refractivity contribution in [3.63, 3.8) is 0 Å². The second kappa shape index (κ2) is 9.83. The van der Waals surface area contributed by atoms with E-state index >= 15 is 0 Å². The molecule has 1 aliphatic carbocycles. The minimum Gasteiger partial charge on any atom is -0.484 e. The average molecular weight is 390 g/mol. The highest BCUT2D eigenvalue weighted by Crippen LogP contribution is 2.30. The molecule has 7 heteroatoms. The average Bonchev–Trinajstić information content (AvgIpc) is 2.65. The van der Waals surface area contributed by atoms with Crippen LogP contribution in [0.25, 0.3) is 0 Å². The molecule has 6 nitrogen and oxygen atoms in total. The summed E-state index contributed by atoms with van der Waals surface area (Å²) in [6.45, 7) is -0.194. The molecule has 2 aromatic carbocycles. The topological polar surface area (TPSA) is 93.5 Å². The first-order valence-electron chi connectivity index (χ1n) is 8.74. The summed E-state index contributed by atoms with van der Waals surface area (Å²) in [5, 5.41) is 5.57. The first-order valence-corrected chi connectivity index (χ1v) is 8.74. The van der Waals surface area contributed by atoms with Crippen molar-refractivity contribution in [2.24, 2.45) is 0 Å². The molecule has 4 N–H and O–H groups in total. The van der Waals surface area contributed by atoms with E-state index in [1.54, 1.807) is 12.1 Å². The standard InChI is InChI=1S/C20H23N3O3.ClH/c21-15-9-10-17-14(11-15)5-4-8-18(17)23-19(24)12-22-20(25)13-26-16-6-2-1-3-7-16;/h1-3,6-7,9-11,18H,4-5,8,12-13,21H2,(H,22,25)(H,23,24);1H. The highest BCUT2D eigenvalue weighted by Gasteiger charge is 2.22. The molecule has 0 aromatic heterocycles. The molecule has 144 valence electrons. The lowest BCUT2D eigenvalue weighted by Crippen LogP contribution is -2.40. The molecule has 0 saturated heterocycles. The van der Waals surface area contributed by atoms with E-state index in [2.05, 4.69) is 10.6 Å². The number of hydrogen-bond donors (Lipinski definition) is 3. The number of carbonyl (C=O) groups excluding carboxylic acids is 2. The zero-order valence-corrected chi connectivity index (χ0v) is 15.8. The maximum absolute atomic E-state index is 12.2. The number of halogens is 1. The monoisotopic (exact) mass is 389 g/mol. The summed E-state index contributed by atoms with van der Waals surface area (Å²) in [5.41, 5.74) is 8.86. The van der Waals surface area contributed by atoms with Crippen LogP contribution in [0.4, 0.5) is 5.69 Å². The van der Waals surface area contributed by atoms with Crippen molar-refractivity contribution in [2.75, 3.05) is 18.9 Å². The third-order valence-electron chi connectivity index (χ3n) is 4.38. The highest BCUT2D eigenvalue weighted by molar-refractivity contribution is 5.86. The molecular weight excluding hydrogens is 366 g/mol. The van der Waals surface area contributed by atoms with Gasteiger partial charge in [0.25, 0.3) is 5.91 Å². The summed E-state index contributed by atoms with van der Waals surface area (Å²) in [6.07, 6.45) is 2.85. The van der Waals surface area contributed by atoms with Crippen molar-refractivity contribution in [3.8, 4) is 5.75 Å². The second-order valence-corrected chi connectivity index (χ2v) is 6.35. The molecule has 0 spiro atoms. The van der Waals surface area contributed by atoms with Crippen LogP contribution < -0.4 is 21.1 Å². The molecule has 1 atom stereocenters. The number of ether oxygens (including phenoxy) is 1. The fourth-order valence-electron chi connectivity index (χ4n) is 3.13. The van der Waals surface area contributed by atoms with Crippen molar-refractivity contribution >= 4 is 29.9 Å². The molecule has 2 aromatic rings. The van der Waals surface area contributed by atoms with Crippen LogP contribution >= 0.6 is 12.4 Å². The Labute approximate surface area is 164 Å². The van der Waals surface area contributed by atoms with E-state index < -0.39 is 0 Å². The number of aryl methyl sites for hydroxylation is 1. The Bertz CT molecular complexity index is 783. The fourth-order valence-corrected chi connectivity index (χ4v) is 3.13. The number of benzene rings is 2. The predicted octanol–water partition coefficient (Wildman–Crippen LogP) is 2.38. The first kappa shape index (κ1) is 20.6. The Morgan fingerprint density at radius 1 is 1.11 bits per heavy atom. The normalized spacial score (nSPS) is 15.0. The molecular formula is C20H24ClN3O3. The lowest BCUT2D eigenvalue weighted by molar-refractivity contribution is -0.127. The molecule has 0 saturated carbocycles. The van der Waals surface area contributed by atoms with Crippen molar-refractivity contribution in [1.82, 2.24) is 10.6 Å². The van der Waals surface area contributed by atoms with Gasteiger partial charge in [0, 0.05) is 5.69 Å². The molecule has 0 bridgehead atoms. The molecule has 0 aliphatic heterocycles. The van der Waals surface area contributed by atoms with E-state index in [0.717, 1.165) is 30.5 Å². The van der Waals surface area contributed by atoms with Gasteiger partial charge in [-0.05, 0) is 54.7 Å². The third kappa shape index (κ3) is 5.89. The quantitative estimate of drug-likeness (QED) is 0.661. The summed E-state index contributed by atoms with van der Waals surface area (Å²) >= 11 is 0. The molecule has 0 radical (unpaired) electrons. The van der Waals surface area contributed by atoms with Crippen molar-refractivity contribution in [3.05, 3.63) is 59.7 Å². The summed E-state index contributed by atoms with van der Waals surface area (Å²) in [5.74, 6) is 0.0683. The number of carbonyl (C=O) groups is 2. The van der Waals surface area contributed by atoms with Crippen LogP contribution in [0.5, 0.6) is 5.75 Å². The Hall–Kier alpha value is -2.73. The Balaban J connectivity index is 0.00000261. The van der Waals surface area contributed by atoms with Gasteiger partial charge in [0.05, 0.1) is 12.6 Å².